The van der Waals surface area contributed by atoms with E-state index in [-0.39, 0.29) is 11.8 Å². The number of benzene rings is 2. The highest BCUT2D eigenvalue weighted by Gasteiger charge is 2.22. The number of nitrogens with zero attached hydrogens (tertiary/aromatic N) is 2. The zero-order valence-corrected chi connectivity index (χ0v) is 18.8. The van der Waals surface area contributed by atoms with Gasteiger partial charge >= 0.3 is 0 Å². The van der Waals surface area contributed by atoms with Gasteiger partial charge in [-0.3, -0.25) is 14.5 Å². The van der Waals surface area contributed by atoms with Crippen molar-refractivity contribution >= 4 is 34.4 Å². The Morgan fingerprint density at radius 3 is 2.59 bits per heavy atom. The summed E-state index contributed by atoms with van der Waals surface area (Å²) in [6, 6.07) is 19.3. The topological polar surface area (TPSA) is 74.3 Å². The Hall–Kier alpha value is -3.29. The summed E-state index contributed by atoms with van der Waals surface area (Å²) in [5.41, 5.74) is 3.27. The van der Waals surface area contributed by atoms with Gasteiger partial charge in [-0.25, -0.2) is 4.98 Å². The van der Waals surface area contributed by atoms with E-state index in [0.717, 1.165) is 37.3 Å². The number of rotatable bonds is 7. The van der Waals surface area contributed by atoms with Crippen LogP contribution in [0.4, 0.5) is 5.13 Å². The van der Waals surface area contributed by atoms with Gasteiger partial charge in [0.15, 0.2) is 5.13 Å². The predicted molar refractivity (Wildman–Crippen MR) is 128 cm³/mol. The molecule has 7 heteroatoms. The molecule has 1 unspecified atom stereocenters. The predicted octanol–water partition coefficient (Wildman–Crippen LogP) is 3.86. The second kappa shape index (κ2) is 10.3. The lowest BCUT2D eigenvalue weighted by molar-refractivity contribution is -0.123. The summed E-state index contributed by atoms with van der Waals surface area (Å²) < 4.78 is 0. The first-order valence-corrected chi connectivity index (χ1v) is 11.5. The second-order valence-electron chi connectivity index (χ2n) is 7.80. The summed E-state index contributed by atoms with van der Waals surface area (Å²) in [4.78, 5) is 32.9. The molecule has 0 saturated carbocycles. The Labute approximate surface area is 192 Å². The Kier molecular flexibility index (Phi) is 7.09. The van der Waals surface area contributed by atoms with E-state index in [1.165, 1.54) is 27.9 Å². The van der Waals surface area contributed by atoms with Gasteiger partial charge in [-0.2, -0.15) is 0 Å². The molecule has 2 amide bonds. The number of anilines is 1. The lowest BCUT2D eigenvalue weighted by Crippen LogP contribution is -2.40. The summed E-state index contributed by atoms with van der Waals surface area (Å²) in [7, 11) is 0. The highest BCUT2D eigenvalue weighted by molar-refractivity contribution is 7.15. The van der Waals surface area contributed by atoms with Gasteiger partial charge in [-0.15, -0.1) is 11.3 Å². The SMILES string of the molecule is CC(NC(=O)/C=C/c1ccccc1)C(=O)Nc1nc2c(s1)CN(Cc1ccccc1)CC2. The average molecular weight is 447 g/mol. The van der Waals surface area contributed by atoms with Crippen LogP contribution in [-0.4, -0.2) is 34.3 Å². The van der Waals surface area contributed by atoms with Gasteiger partial charge in [0.1, 0.15) is 6.04 Å². The molecule has 0 bridgehead atoms. The quantitative estimate of drug-likeness (QED) is 0.541. The van der Waals surface area contributed by atoms with Crippen molar-refractivity contribution in [3.63, 3.8) is 0 Å². The molecule has 3 aromatic rings. The van der Waals surface area contributed by atoms with Crippen molar-refractivity contribution in [1.82, 2.24) is 15.2 Å². The summed E-state index contributed by atoms with van der Waals surface area (Å²) in [6.45, 7) is 4.34. The lowest BCUT2D eigenvalue weighted by Gasteiger charge is -2.25. The molecule has 0 radical (unpaired) electrons. The minimum atomic E-state index is -0.668. The van der Waals surface area contributed by atoms with E-state index >= 15 is 0 Å². The van der Waals surface area contributed by atoms with Gasteiger partial charge in [-0.05, 0) is 24.1 Å². The second-order valence-corrected chi connectivity index (χ2v) is 8.88. The van der Waals surface area contributed by atoms with Crippen LogP contribution in [0.3, 0.4) is 0 Å². The normalized spacial score (nSPS) is 14.7. The summed E-state index contributed by atoms with van der Waals surface area (Å²) >= 11 is 1.51. The average Bonchev–Trinajstić information content (AvgIpc) is 3.20. The molecule has 0 fully saturated rings. The summed E-state index contributed by atoms with van der Waals surface area (Å²) in [5.74, 6) is -0.592. The molecule has 1 atom stereocenters. The van der Waals surface area contributed by atoms with Crippen LogP contribution in [-0.2, 0) is 29.1 Å². The van der Waals surface area contributed by atoms with Gasteiger partial charge in [-0.1, -0.05) is 60.7 Å². The highest BCUT2D eigenvalue weighted by Crippen LogP contribution is 2.29. The van der Waals surface area contributed by atoms with E-state index in [4.69, 9.17) is 0 Å². The first-order valence-electron chi connectivity index (χ1n) is 10.7. The van der Waals surface area contributed by atoms with E-state index in [9.17, 15) is 9.59 Å². The van der Waals surface area contributed by atoms with Gasteiger partial charge in [0, 0.05) is 37.0 Å². The monoisotopic (exact) mass is 446 g/mol. The number of fused-ring (bicyclic) bond motifs is 1. The van der Waals surface area contributed by atoms with Crippen LogP contribution in [0, 0.1) is 0 Å². The van der Waals surface area contributed by atoms with Crippen molar-refractivity contribution in [2.75, 3.05) is 11.9 Å². The number of carbonyl (C=O) groups excluding carboxylic acids is 2. The summed E-state index contributed by atoms with van der Waals surface area (Å²) in [6.07, 6.45) is 4.02. The molecule has 0 aliphatic carbocycles. The van der Waals surface area contributed by atoms with Crippen LogP contribution in [0.1, 0.15) is 28.6 Å². The van der Waals surface area contributed by atoms with Gasteiger partial charge in [0.05, 0.1) is 5.69 Å². The molecule has 4 rings (SSSR count). The minimum Gasteiger partial charge on any atom is -0.341 e. The van der Waals surface area contributed by atoms with E-state index in [0.29, 0.717) is 5.13 Å². The maximum Gasteiger partial charge on any atom is 0.248 e. The molecule has 2 aromatic carbocycles. The van der Waals surface area contributed by atoms with Crippen LogP contribution >= 0.6 is 11.3 Å². The van der Waals surface area contributed by atoms with Gasteiger partial charge < -0.3 is 10.6 Å². The first kappa shape index (κ1) is 21.9. The molecule has 6 nitrogen and oxygen atoms in total. The highest BCUT2D eigenvalue weighted by atomic mass is 32.1. The molecule has 1 aromatic heterocycles. The van der Waals surface area contributed by atoms with Crippen LogP contribution < -0.4 is 10.6 Å². The fraction of sp³-hybridized carbons (Fsp3) is 0.240. The van der Waals surface area contributed by atoms with E-state index in [1.54, 1.807) is 13.0 Å². The molecule has 2 N–H and O–H groups in total. The smallest absolute Gasteiger partial charge is 0.248 e. The largest absolute Gasteiger partial charge is 0.341 e. The minimum absolute atomic E-state index is 0.279. The third-order valence-electron chi connectivity index (χ3n) is 5.27. The molecule has 0 spiro atoms. The molecule has 164 valence electrons. The third kappa shape index (κ3) is 5.90. The van der Waals surface area contributed by atoms with Crippen LogP contribution in [0.25, 0.3) is 6.08 Å². The van der Waals surface area contributed by atoms with Gasteiger partial charge in [0.25, 0.3) is 0 Å². The zero-order valence-electron chi connectivity index (χ0n) is 18.0. The van der Waals surface area contributed by atoms with Crippen molar-refractivity contribution in [2.45, 2.75) is 32.5 Å². The van der Waals surface area contributed by atoms with E-state index in [2.05, 4.69) is 44.8 Å². The van der Waals surface area contributed by atoms with Crippen LogP contribution in [0.5, 0.6) is 0 Å². The number of amides is 2. The van der Waals surface area contributed by atoms with Crippen molar-refractivity contribution in [1.29, 1.82) is 0 Å². The van der Waals surface area contributed by atoms with Crippen LogP contribution in [0.15, 0.2) is 66.7 Å². The molecule has 2 heterocycles. The first-order chi connectivity index (χ1) is 15.6. The van der Waals surface area contributed by atoms with Crippen molar-refractivity contribution in [2.24, 2.45) is 0 Å². The fourth-order valence-electron chi connectivity index (χ4n) is 3.56. The molecule has 1 aliphatic heterocycles. The Balaban J connectivity index is 1.29. The fourth-order valence-corrected chi connectivity index (χ4v) is 4.61. The maximum absolute atomic E-state index is 12.5. The molecular formula is C25H26N4O2S. The van der Waals surface area contributed by atoms with Crippen molar-refractivity contribution in [3.8, 4) is 0 Å². The number of thiazole rings is 1. The maximum atomic E-state index is 12.5. The number of aromatic nitrogens is 1. The standard InChI is InChI=1S/C25H26N4O2S/c1-18(26-23(30)13-12-19-8-4-2-5-9-19)24(31)28-25-27-21-14-15-29(17-22(21)32-25)16-20-10-6-3-7-11-20/h2-13,18H,14-17H2,1H3,(H,26,30)(H,27,28,31)/b13-12+. The van der Waals surface area contributed by atoms with Crippen LogP contribution in [0.2, 0.25) is 0 Å². The number of nitrogens with one attached hydrogen (secondary N) is 2. The molecular weight excluding hydrogens is 420 g/mol. The van der Waals surface area contributed by atoms with E-state index < -0.39 is 6.04 Å². The lowest BCUT2D eigenvalue weighted by atomic mass is 10.1. The van der Waals surface area contributed by atoms with Gasteiger partial charge in [0.2, 0.25) is 11.8 Å². The number of hydrogen-bond donors (Lipinski definition) is 2. The molecule has 32 heavy (non-hydrogen) atoms. The number of carbonyl (C=O) groups is 2. The number of hydrogen-bond acceptors (Lipinski definition) is 5. The molecule has 0 saturated heterocycles. The Morgan fingerprint density at radius 2 is 1.84 bits per heavy atom. The van der Waals surface area contributed by atoms with Crippen molar-refractivity contribution in [3.05, 3.63) is 88.4 Å². The van der Waals surface area contributed by atoms with Crippen molar-refractivity contribution < 1.29 is 9.59 Å². The summed E-state index contributed by atoms with van der Waals surface area (Å²) in [5, 5.41) is 6.14. The Bertz CT molecular complexity index is 1100. The third-order valence-corrected chi connectivity index (χ3v) is 6.27. The Morgan fingerprint density at radius 1 is 1.12 bits per heavy atom. The van der Waals surface area contributed by atoms with E-state index in [1.807, 2.05) is 36.4 Å². The zero-order chi connectivity index (χ0) is 22.3. The molecule has 1 aliphatic rings.